The molecule has 0 saturated heterocycles. The Morgan fingerprint density at radius 1 is 1.20 bits per heavy atom. The number of aromatic nitrogens is 3. The Morgan fingerprint density at radius 3 is 2.73 bits per heavy atom. The van der Waals surface area contributed by atoms with Crippen molar-refractivity contribution < 1.29 is 4.92 Å². The minimum absolute atomic E-state index is 0.0491. The summed E-state index contributed by atoms with van der Waals surface area (Å²) in [6, 6.07) is 8.65. The smallest absolute Gasteiger partial charge is 0.342 e. The lowest BCUT2D eigenvalue weighted by Gasteiger charge is -2.30. The highest BCUT2D eigenvalue weighted by Crippen LogP contribution is 2.28. The molecule has 0 unspecified atom stereocenters. The molecule has 158 valence electrons. The van der Waals surface area contributed by atoms with E-state index in [1.54, 1.807) is 11.5 Å². The van der Waals surface area contributed by atoms with Gasteiger partial charge in [0.2, 0.25) is 0 Å². The molecule has 2 heterocycles. The van der Waals surface area contributed by atoms with Crippen molar-refractivity contribution >= 4 is 34.0 Å². The van der Waals surface area contributed by atoms with E-state index in [2.05, 4.69) is 20.6 Å². The Hall–Kier alpha value is -2.71. The summed E-state index contributed by atoms with van der Waals surface area (Å²) in [4.78, 5) is 19.2. The summed E-state index contributed by atoms with van der Waals surface area (Å²) >= 11 is 6.08. The number of nitro groups is 1. The van der Waals surface area contributed by atoms with Gasteiger partial charge in [-0.15, -0.1) is 0 Å². The molecule has 0 bridgehead atoms. The van der Waals surface area contributed by atoms with Crippen LogP contribution in [0.15, 0.2) is 36.7 Å². The van der Waals surface area contributed by atoms with E-state index < -0.39 is 0 Å². The SMILES string of the molecule is Cc1ncc([N+](=O)[O-])n1CCNC1CCC(Nc2ccnc3cc(Cl)ccc23)CC1. The minimum atomic E-state index is -0.381. The Kier molecular flexibility index (Phi) is 6.15. The van der Waals surface area contributed by atoms with Crippen molar-refractivity contribution in [2.75, 3.05) is 11.9 Å². The first-order valence-corrected chi connectivity index (χ1v) is 10.6. The molecule has 1 saturated carbocycles. The van der Waals surface area contributed by atoms with Crippen LogP contribution in [0.5, 0.6) is 0 Å². The predicted octanol–water partition coefficient (Wildman–Crippen LogP) is 4.31. The maximum atomic E-state index is 11.1. The Balaban J connectivity index is 1.28. The van der Waals surface area contributed by atoms with Crippen molar-refractivity contribution in [3.63, 3.8) is 0 Å². The Bertz CT molecular complexity index is 1050. The van der Waals surface area contributed by atoms with E-state index in [4.69, 9.17) is 11.6 Å². The van der Waals surface area contributed by atoms with Gasteiger partial charge in [0.1, 0.15) is 12.7 Å². The number of hydrogen-bond donors (Lipinski definition) is 2. The summed E-state index contributed by atoms with van der Waals surface area (Å²) < 4.78 is 1.65. The van der Waals surface area contributed by atoms with Crippen LogP contribution in [-0.2, 0) is 6.54 Å². The van der Waals surface area contributed by atoms with Gasteiger partial charge in [0.25, 0.3) is 0 Å². The molecule has 1 aliphatic carbocycles. The van der Waals surface area contributed by atoms with Gasteiger partial charge in [-0.1, -0.05) is 11.6 Å². The van der Waals surface area contributed by atoms with Crippen molar-refractivity contribution in [1.29, 1.82) is 0 Å². The third-order valence-corrected chi connectivity index (χ3v) is 6.02. The van der Waals surface area contributed by atoms with Crippen LogP contribution in [0.25, 0.3) is 10.9 Å². The molecule has 4 rings (SSSR count). The van der Waals surface area contributed by atoms with Crippen molar-refractivity contribution in [2.45, 2.75) is 51.2 Å². The Morgan fingerprint density at radius 2 is 1.97 bits per heavy atom. The molecular formula is C21H25ClN6O2. The summed E-state index contributed by atoms with van der Waals surface area (Å²) in [5, 5.41) is 20.1. The van der Waals surface area contributed by atoms with Crippen LogP contribution < -0.4 is 10.6 Å². The third kappa shape index (κ3) is 4.55. The van der Waals surface area contributed by atoms with Gasteiger partial charge in [0, 0.05) is 47.8 Å². The first-order chi connectivity index (χ1) is 14.5. The van der Waals surface area contributed by atoms with Crippen molar-refractivity contribution in [1.82, 2.24) is 19.9 Å². The first-order valence-electron chi connectivity index (χ1n) is 10.2. The molecule has 1 fully saturated rings. The van der Waals surface area contributed by atoms with E-state index in [-0.39, 0.29) is 10.7 Å². The second kappa shape index (κ2) is 8.97. The number of nitrogens with zero attached hydrogens (tertiary/aromatic N) is 4. The number of rotatable bonds is 7. The number of halogens is 1. The van der Waals surface area contributed by atoms with Gasteiger partial charge < -0.3 is 20.7 Å². The predicted molar refractivity (Wildman–Crippen MR) is 118 cm³/mol. The standard InChI is InChI=1S/C21H25ClN6O2/c1-14-25-13-21(28(29)30)27(14)11-10-23-16-3-5-17(6-4-16)26-19-8-9-24-20-12-15(22)2-7-18(19)20/h2,7-9,12-13,16-17,23H,3-6,10-11H2,1H3,(H,24,26). The summed E-state index contributed by atoms with van der Waals surface area (Å²) in [7, 11) is 0. The second-order valence-electron chi connectivity index (χ2n) is 7.74. The van der Waals surface area contributed by atoms with Crippen LogP contribution in [0, 0.1) is 17.0 Å². The number of imidazole rings is 1. The highest BCUT2D eigenvalue weighted by Gasteiger charge is 2.22. The molecule has 2 N–H and O–H groups in total. The zero-order valence-corrected chi connectivity index (χ0v) is 17.6. The van der Waals surface area contributed by atoms with E-state index >= 15 is 0 Å². The second-order valence-corrected chi connectivity index (χ2v) is 8.18. The molecule has 0 atom stereocenters. The molecule has 3 aromatic rings. The average molecular weight is 429 g/mol. The molecule has 0 aliphatic heterocycles. The van der Waals surface area contributed by atoms with Crippen LogP contribution in [0.2, 0.25) is 5.02 Å². The zero-order chi connectivity index (χ0) is 21.1. The number of aryl methyl sites for hydroxylation is 1. The maximum absolute atomic E-state index is 11.1. The molecule has 30 heavy (non-hydrogen) atoms. The molecule has 8 nitrogen and oxygen atoms in total. The highest BCUT2D eigenvalue weighted by atomic mass is 35.5. The van der Waals surface area contributed by atoms with Gasteiger partial charge >= 0.3 is 5.82 Å². The number of hydrogen-bond acceptors (Lipinski definition) is 6. The number of fused-ring (bicyclic) bond motifs is 1. The minimum Gasteiger partial charge on any atom is -0.382 e. The fraction of sp³-hybridized carbons (Fsp3) is 0.429. The van der Waals surface area contributed by atoms with Gasteiger partial charge in [-0.2, -0.15) is 0 Å². The van der Waals surface area contributed by atoms with Crippen molar-refractivity contribution in [2.24, 2.45) is 0 Å². The van der Waals surface area contributed by atoms with E-state index in [0.29, 0.717) is 36.0 Å². The third-order valence-electron chi connectivity index (χ3n) is 5.78. The lowest BCUT2D eigenvalue weighted by atomic mass is 9.91. The number of nitrogens with one attached hydrogen (secondary N) is 2. The first kappa shape index (κ1) is 20.6. The van der Waals surface area contributed by atoms with Crippen molar-refractivity contribution in [3.05, 3.63) is 57.6 Å². The summed E-state index contributed by atoms with van der Waals surface area (Å²) in [6.07, 6.45) is 7.40. The molecule has 1 aromatic carbocycles. The number of benzene rings is 1. The fourth-order valence-corrected chi connectivity index (χ4v) is 4.33. The van der Waals surface area contributed by atoms with E-state index in [0.717, 1.165) is 42.3 Å². The summed E-state index contributed by atoms with van der Waals surface area (Å²) in [5.41, 5.74) is 1.99. The molecule has 9 heteroatoms. The maximum Gasteiger partial charge on any atom is 0.342 e. The lowest BCUT2D eigenvalue weighted by Crippen LogP contribution is -2.38. The van der Waals surface area contributed by atoms with E-state index in [1.165, 1.54) is 6.20 Å². The molecule has 1 aliphatic rings. The van der Waals surface area contributed by atoms with E-state index in [1.807, 2.05) is 30.5 Å². The quantitative estimate of drug-likeness (QED) is 0.429. The van der Waals surface area contributed by atoms with Gasteiger partial charge in [0.05, 0.1) is 5.52 Å². The molecule has 2 aromatic heterocycles. The van der Waals surface area contributed by atoms with Crippen LogP contribution >= 0.6 is 11.6 Å². The normalized spacial score (nSPS) is 19.1. The van der Waals surface area contributed by atoms with Gasteiger partial charge in [0.15, 0.2) is 5.82 Å². The summed E-state index contributed by atoms with van der Waals surface area (Å²) in [6.45, 7) is 3.03. The van der Waals surface area contributed by atoms with Crippen LogP contribution in [-0.4, -0.2) is 38.1 Å². The average Bonchev–Trinajstić information content (AvgIpc) is 3.10. The highest BCUT2D eigenvalue weighted by molar-refractivity contribution is 6.31. The number of anilines is 1. The molecule has 0 radical (unpaired) electrons. The van der Waals surface area contributed by atoms with Crippen LogP contribution in [0.3, 0.4) is 0 Å². The van der Waals surface area contributed by atoms with Gasteiger partial charge in [-0.3, -0.25) is 4.98 Å². The lowest BCUT2D eigenvalue weighted by molar-refractivity contribution is -0.392. The van der Waals surface area contributed by atoms with Crippen LogP contribution in [0.4, 0.5) is 11.5 Å². The fourth-order valence-electron chi connectivity index (χ4n) is 4.17. The Labute approximate surface area is 179 Å². The zero-order valence-electron chi connectivity index (χ0n) is 16.8. The topological polar surface area (TPSA) is 97.9 Å². The molecule has 0 amide bonds. The number of pyridine rings is 1. The summed E-state index contributed by atoms with van der Waals surface area (Å²) in [5.74, 6) is 0.718. The largest absolute Gasteiger partial charge is 0.382 e. The van der Waals surface area contributed by atoms with Gasteiger partial charge in [-0.05, 0) is 54.9 Å². The monoisotopic (exact) mass is 428 g/mol. The molecule has 0 spiro atoms. The van der Waals surface area contributed by atoms with Crippen molar-refractivity contribution in [3.8, 4) is 0 Å². The van der Waals surface area contributed by atoms with E-state index in [9.17, 15) is 10.1 Å². The van der Waals surface area contributed by atoms with Crippen LogP contribution in [0.1, 0.15) is 31.5 Å². The molecular weight excluding hydrogens is 404 g/mol. The van der Waals surface area contributed by atoms with Gasteiger partial charge in [-0.25, -0.2) is 9.55 Å².